The molecule has 0 aliphatic heterocycles. The Morgan fingerprint density at radius 1 is 1.62 bits per heavy atom. The quantitative estimate of drug-likeness (QED) is 0.312. The van der Waals surface area contributed by atoms with E-state index in [0.29, 0.717) is 0 Å². The largest absolute Gasteiger partial charge is 1.00 e. The topological polar surface area (TPSA) is 98.3 Å². The molecule has 0 bridgehead atoms. The smallest absolute Gasteiger partial charge is 1.00 e. The Morgan fingerprint density at radius 2 is 1.75 bits per heavy atom. The maximum Gasteiger partial charge on any atom is 1.00 e. The maximum atomic E-state index is 9.45. The molecule has 0 aromatic carbocycles. The van der Waals surface area contributed by atoms with Crippen LogP contribution in [0.15, 0.2) is 0 Å². The zero-order chi connectivity index (χ0) is 5.21. The van der Waals surface area contributed by atoms with Crippen molar-refractivity contribution >= 4 is 17.3 Å². The normalized spacial score (nSPS) is 8.88. The van der Waals surface area contributed by atoms with Gasteiger partial charge < -0.3 is 16.7 Å². The van der Waals surface area contributed by atoms with E-state index in [1.54, 1.807) is 0 Å². The van der Waals surface area contributed by atoms with Crippen LogP contribution in [0.3, 0.4) is 0 Å². The van der Waals surface area contributed by atoms with E-state index in [0.717, 1.165) is 0 Å². The fourth-order valence-electron chi connectivity index (χ4n) is 0. The van der Waals surface area contributed by atoms with Gasteiger partial charge in [-0.05, 0) is 0 Å². The number of hydrogen-bond donors (Lipinski definition) is 2. The summed E-state index contributed by atoms with van der Waals surface area (Å²) >= 11 is 0. The molecule has 0 aromatic rings. The molecular formula is H7NaO5P2. The molecule has 1 unspecified atom stereocenters. The van der Waals surface area contributed by atoms with Crippen LogP contribution in [0.2, 0.25) is 0 Å². The van der Waals surface area contributed by atoms with E-state index >= 15 is 0 Å². The van der Waals surface area contributed by atoms with Crippen LogP contribution in [-0.2, 0) is 8.88 Å². The third kappa shape index (κ3) is 15.6. The van der Waals surface area contributed by atoms with Gasteiger partial charge in [-0.2, -0.15) is 0 Å². The molecule has 0 saturated carbocycles. The second-order valence-corrected chi connectivity index (χ2v) is 2.42. The first kappa shape index (κ1) is 16.2. The minimum absolute atomic E-state index is 0. The molecule has 0 rings (SSSR count). The summed E-state index contributed by atoms with van der Waals surface area (Å²) in [5, 5.41) is 0. The molecule has 48 valence electrons. The summed E-state index contributed by atoms with van der Waals surface area (Å²) in [5.74, 6) is 0. The SMILES string of the molecule is O.O=P(O)(O)OP.[H-].[Na+]. The van der Waals surface area contributed by atoms with E-state index in [4.69, 9.17) is 9.79 Å². The minimum Gasteiger partial charge on any atom is -1.00 e. The van der Waals surface area contributed by atoms with Crippen molar-refractivity contribution in [1.82, 2.24) is 0 Å². The van der Waals surface area contributed by atoms with Crippen LogP contribution in [0, 0.1) is 0 Å². The van der Waals surface area contributed by atoms with Crippen molar-refractivity contribution in [3.63, 3.8) is 0 Å². The molecule has 0 heterocycles. The van der Waals surface area contributed by atoms with E-state index in [9.17, 15) is 4.57 Å². The monoisotopic (exact) mass is 172 g/mol. The van der Waals surface area contributed by atoms with Crippen molar-refractivity contribution in [2.45, 2.75) is 0 Å². The van der Waals surface area contributed by atoms with Crippen LogP contribution >= 0.6 is 17.3 Å². The van der Waals surface area contributed by atoms with Gasteiger partial charge >= 0.3 is 37.4 Å². The molecule has 1 atom stereocenters. The fourth-order valence-corrected chi connectivity index (χ4v) is 0. The zero-order valence-electron chi connectivity index (χ0n) is 5.24. The average molecular weight is 172 g/mol. The first-order valence-electron chi connectivity index (χ1n) is 1.00. The van der Waals surface area contributed by atoms with E-state index in [1.807, 2.05) is 0 Å². The molecule has 0 saturated heterocycles. The van der Waals surface area contributed by atoms with Crippen LogP contribution < -0.4 is 29.6 Å². The van der Waals surface area contributed by atoms with Gasteiger partial charge in [-0.25, -0.2) is 4.57 Å². The summed E-state index contributed by atoms with van der Waals surface area (Å²) in [5.41, 5.74) is 0. The molecule has 4 N–H and O–H groups in total. The number of hydrogen-bond acceptors (Lipinski definition) is 2. The fraction of sp³-hybridized carbons (Fsp3) is 0. The van der Waals surface area contributed by atoms with Gasteiger partial charge in [-0.3, -0.25) is 4.31 Å². The molecule has 0 aliphatic carbocycles. The Labute approximate surface area is 72.4 Å². The Balaban J connectivity index is -0.0000000417. The molecule has 0 radical (unpaired) electrons. The first-order valence-corrected chi connectivity index (χ1v) is 3.00. The molecular weight excluding hydrogens is 165 g/mol. The molecule has 5 nitrogen and oxygen atoms in total. The Bertz CT molecular complexity index is 79.0. The third-order valence-electron chi connectivity index (χ3n) is 0.137. The van der Waals surface area contributed by atoms with Crippen molar-refractivity contribution in [1.29, 1.82) is 0 Å². The molecule has 0 amide bonds. The predicted octanol–water partition coefficient (Wildman–Crippen LogP) is -3.82. The van der Waals surface area contributed by atoms with Crippen LogP contribution in [-0.4, -0.2) is 15.3 Å². The average Bonchev–Trinajstić information content (AvgIpc) is 1.35. The summed E-state index contributed by atoms with van der Waals surface area (Å²) in [7, 11) is -2.72. The second kappa shape index (κ2) is 6.62. The van der Waals surface area contributed by atoms with Crippen LogP contribution in [0.5, 0.6) is 0 Å². The molecule has 8 heavy (non-hydrogen) atoms. The third-order valence-corrected chi connectivity index (χ3v) is 1.24. The van der Waals surface area contributed by atoms with Crippen molar-refractivity contribution in [2.75, 3.05) is 0 Å². The molecule has 0 aliphatic rings. The van der Waals surface area contributed by atoms with Gasteiger partial charge in [0.1, 0.15) is 0 Å². The van der Waals surface area contributed by atoms with E-state index in [1.165, 1.54) is 9.47 Å². The van der Waals surface area contributed by atoms with Gasteiger partial charge in [-0.1, -0.05) is 0 Å². The Morgan fingerprint density at radius 3 is 1.75 bits per heavy atom. The van der Waals surface area contributed by atoms with Crippen molar-refractivity contribution < 1.29 is 55.1 Å². The van der Waals surface area contributed by atoms with Crippen LogP contribution in [0.4, 0.5) is 0 Å². The Kier molecular flexibility index (Phi) is 13.4. The van der Waals surface area contributed by atoms with Crippen molar-refractivity contribution in [2.24, 2.45) is 0 Å². The van der Waals surface area contributed by atoms with Gasteiger partial charge in [0.05, 0.1) is 0 Å². The molecule has 0 spiro atoms. The van der Waals surface area contributed by atoms with E-state index in [-0.39, 0.29) is 36.5 Å². The van der Waals surface area contributed by atoms with Gasteiger partial charge in [-0.15, -0.1) is 0 Å². The Hall–Kier alpha value is 1.50. The minimum atomic E-state index is -4.18. The molecule has 0 fully saturated rings. The second-order valence-electron chi connectivity index (χ2n) is 0.596. The standard InChI is InChI=1S/Na.H4O4P2.H2O.H/c;1-6(2,3)4-5;;/h;5H2,(H2,1,2,3);1H2;/q+1;;;-1. The van der Waals surface area contributed by atoms with Crippen LogP contribution in [0.1, 0.15) is 1.43 Å². The van der Waals surface area contributed by atoms with E-state index in [2.05, 4.69) is 4.31 Å². The van der Waals surface area contributed by atoms with Gasteiger partial charge in [0, 0.05) is 9.47 Å². The summed E-state index contributed by atoms with van der Waals surface area (Å²) in [4.78, 5) is 15.4. The predicted molar refractivity (Wildman–Crippen MR) is 27.6 cm³/mol. The summed E-state index contributed by atoms with van der Waals surface area (Å²) in [6.45, 7) is 0. The van der Waals surface area contributed by atoms with E-state index < -0.39 is 7.82 Å². The molecule has 8 heteroatoms. The van der Waals surface area contributed by atoms with Gasteiger partial charge in [0.25, 0.3) is 0 Å². The van der Waals surface area contributed by atoms with Crippen LogP contribution in [0.25, 0.3) is 0 Å². The molecule has 0 aromatic heterocycles. The number of phosphoric acid groups is 1. The number of rotatable bonds is 1. The summed E-state index contributed by atoms with van der Waals surface area (Å²) < 4.78 is 13.0. The summed E-state index contributed by atoms with van der Waals surface area (Å²) in [6, 6.07) is 0. The first-order chi connectivity index (χ1) is 2.56. The summed E-state index contributed by atoms with van der Waals surface area (Å²) in [6.07, 6.45) is 0. The maximum absolute atomic E-state index is 9.45. The van der Waals surface area contributed by atoms with Gasteiger partial charge in [0.2, 0.25) is 0 Å². The van der Waals surface area contributed by atoms with Crippen molar-refractivity contribution in [3.8, 4) is 0 Å². The van der Waals surface area contributed by atoms with Crippen molar-refractivity contribution in [3.05, 3.63) is 0 Å². The zero-order valence-corrected chi connectivity index (χ0v) is 8.28. The van der Waals surface area contributed by atoms with Gasteiger partial charge in [0.15, 0.2) is 0 Å².